The summed E-state index contributed by atoms with van der Waals surface area (Å²) in [6.45, 7) is 0. The van der Waals surface area contributed by atoms with Gasteiger partial charge in [-0.3, -0.25) is 4.79 Å². The average molecular weight is 186 g/mol. The molecule has 3 nitrogen and oxygen atoms in total. The Hall–Kier alpha value is -0.220. The lowest BCUT2D eigenvalue weighted by atomic mass is 9.79. The fourth-order valence-corrected chi connectivity index (χ4v) is 3.57. The van der Waals surface area contributed by atoms with Crippen LogP contribution in [0.5, 0.6) is 0 Å². The Morgan fingerprint density at radius 3 is 2.42 bits per heavy atom. The second-order valence-corrected chi connectivity index (χ2v) is 5.02. The molecule has 0 radical (unpaired) electrons. The van der Waals surface area contributed by atoms with E-state index >= 15 is 0 Å². The van der Waals surface area contributed by atoms with Crippen LogP contribution in [0.25, 0.3) is 0 Å². The van der Waals surface area contributed by atoms with Crippen molar-refractivity contribution in [2.75, 3.05) is 11.5 Å². The van der Waals surface area contributed by atoms with E-state index in [9.17, 15) is 4.79 Å². The molecule has 1 unspecified atom stereocenters. The van der Waals surface area contributed by atoms with Crippen LogP contribution in [0.1, 0.15) is 19.3 Å². The molecule has 2 fully saturated rings. The van der Waals surface area contributed by atoms with Crippen molar-refractivity contribution in [3.8, 4) is 0 Å². The molecule has 0 aromatic carbocycles. The fraction of sp³-hybridized carbons (Fsp3) is 0.875. The van der Waals surface area contributed by atoms with Crippen LogP contribution in [0.3, 0.4) is 0 Å². The van der Waals surface area contributed by atoms with Crippen molar-refractivity contribution in [1.82, 2.24) is 0 Å². The maximum absolute atomic E-state index is 11.2. The topological polar surface area (TPSA) is 69.1 Å². The van der Waals surface area contributed by atoms with Crippen LogP contribution in [0.4, 0.5) is 0 Å². The lowest BCUT2D eigenvalue weighted by molar-refractivity contribution is -0.125. The van der Waals surface area contributed by atoms with Gasteiger partial charge >= 0.3 is 0 Å². The van der Waals surface area contributed by atoms with Gasteiger partial charge < -0.3 is 11.5 Å². The summed E-state index contributed by atoms with van der Waals surface area (Å²) in [6.07, 6.45) is 2.92. The first kappa shape index (κ1) is 8.38. The Morgan fingerprint density at radius 1 is 1.33 bits per heavy atom. The molecule has 12 heavy (non-hydrogen) atoms. The maximum Gasteiger partial charge on any atom is 0.238 e. The number of amides is 1. The molecule has 1 aliphatic heterocycles. The second-order valence-electron chi connectivity index (χ2n) is 3.92. The molecule has 0 bridgehead atoms. The first-order valence-corrected chi connectivity index (χ1v) is 5.43. The van der Waals surface area contributed by atoms with Crippen molar-refractivity contribution in [1.29, 1.82) is 0 Å². The molecular formula is C8H14N2OS. The predicted molar refractivity (Wildman–Crippen MR) is 49.7 cm³/mol. The number of carbonyl (C=O) groups is 1. The van der Waals surface area contributed by atoms with Gasteiger partial charge in [-0.1, -0.05) is 0 Å². The zero-order chi connectivity index (χ0) is 8.82. The van der Waals surface area contributed by atoms with E-state index in [0.717, 1.165) is 30.8 Å². The zero-order valence-electron chi connectivity index (χ0n) is 7.01. The van der Waals surface area contributed by atoms with E-state index < -0.39 is 5.54 Å². The molecule has 1 heterocycles. The number of thioether (sulfide) groups is 1. The summed E-state index contributed by atoms with van der Waals surface area (Å²) in [5.74, 6) is 1.69. The summed E-state index contributed by atoms with van der Waals surface area (Å²) in [5.41, 5.74) is 10.8. The number of primary amides is 1. The molecule has 2 rings (SSSR count). The van der Waals surface area contributed by atoms with Crippen LogP contribution >= 0.6 is 11.8 Å². The van der Waals surface area contributed by atoms with Gasteiger partial charge in [-0.15, -0.1) is 0 Å². The molecule has 1 atom stereocenters. The van der Waals surface area contributed by atoms with Gasteiger partial charge in [0.15, 0.2) is 0 Å². The quantitative estimate of drug-likeness (QED) is 0.609. The van der Waals surface area contributed by atoms with Gasteiger partial charge in [0.05, 0.1) is 0 Å². The molecular weight excluding hydrogens is 172 g/mol. The highest BCUT2D eigenvalue weighted by atomic mass is 32.2. The van der Waals surface area contributed by atoms with Crippen molar-refractivity contribution < 1.29 is 4.79 Å². The summed E-state index contributed by atoms with van der Waals surface area (Å²) < 4.78 is 0. The van der Waals surface area contributed by atoms with Gasteiger partial charge in [0, 0.05) is 11.2 Å². The summed E-state index contributed by atoms with van der Waals surface area (Å²) in [4.78, 5) is 11.2. The third-order valence-electron chi connectivity index (χ3n) is 3.26. The average Bonchev–Trinajstić information content (AvgIpc) is 2.77. The van der Waals surface area contributed by atoms with Crippen LogP contribution in [0.2, 0.25) is 0 Å². The largest absolute Gasteiger partial charge is 0.368 e. The van der Waals surface area contributed by atoms with Gasteiger partial charge in [0.1, 0.15) is 5.54 Å². The first-order valence-electron chi connectivity index (χ1n) is 4.27. The highest BCUT2D eigenvalue weighted by Crippen LogP contribution is 2.58. The van der Waals surface area contributed by atoms with Crippen molar-refractivity contribution >= 4 is 17.7 Å². The minimum Gasteiger partial charge on any atom is -0.368 e. The lowest BCUT2D eigenvalue weighted by Crippen LogP contribution is -2.61. The molecule has 68 valence electrons. The van der Waals surface area contributed by atoms with Gasteiger partial charge in [0.25, 0.3) is 0 Å². The summed E-state index contributed by atoms with van der Waals surface area (Å²) in [5, 5.41) is 0. The highest BCUT2D eigenvalue weighted by molar-refractivity contribution is 7.99. The van der Waals surface area contributed by atoms with E-state index in [1.807, 2.05) is 11.8 Å². The zero-order valence-corrected chi connectivity index (χ0v) is 7.82. The summed E-state index contributed by atoms with van der Waals surface area (Å²) >= 11 is 1.90. The van der Waals surface area contributed by atoms with Gasteiger partial charge in [-0.25, -0.2) is 0 Å². The van der Waals surface area contributed by atoms with E-state index in [4.69, 9.17) is 11.5 Å². The Labute approximate surface area is 76.2 Å². The van der Waals surface area contributed by atoms with Crippen molar-refractivity contribution in [3.05, 3.63) is 0 Å². The third kappa shape index (κ3) is 0.910. The number of rotatable bonds is 1. The Morgan fingerprint density at radius 2 is 2.00 bits per heavy atom. The normalized spacial score (nSPS) is 38.1. The number of carbonyl (C=O) groups excluding carboxylic acids is 1. The SMILES string of the molecule is NC(=O)C1(N)CCSCC12CC2. The minimum atomic E-state index is -0.696. The smallest absolute Gasteiger partial charge is 0.238 e. The molecule has 2 aliphatic rings. The highest BCUT2D eigenvalue weighted by Gasteiger charge is 2.61. The number of hydrogen-bond donors (Lipinski definition) is 2. The van der Waals surface area contributed by atoms with Gasteiger partial charge in [0.2, 0.25) is 5.91 Å². The minimum absolute atomic E-state index is 0.0712. The van der Waals surface area contributed by atoms with E-state index in [0.29, 0.717) is 0 Å². The monoisotopic (exact) mass is 186 g/mol. The van der Waals surface area contributed by atoms with Crippen molar-refractivity contribution in [3.63, 3.8) is 0 Å². The molecule has 1 spiro atoms. The maximum atomic E-state index is 11.2. The van der Waals surface area contributed by atoms with Gasteiger partial charge in [-0.2, -0.15) is 11.8 Å². The summed E-state index contributed by atoms with van der Waals surface area (Å²) in [6, 6.07) is 0. The van der Waals surface area contributed by atoms with Gasteiger partial charge in [-0.05, 0) is 25.0 Å². The summed E-state index contributed by atoms with van der Waals surface area (Å²) in [7, 11) is 0. The molecule has 1 aliphatic carbocycles. The van der Waals surface area contributed by atoms with E-state index in [1.54, 1.807) is 0 Å². The standard InChI is InChI=1S/C8H14N2OS/c9-6(11)8(10)3-4-12-5-7(8)1-2-7/h1-5,10H2,(H2,9,11). The second kappa shape index (κ2) is 2.39. The van der Waals surface area contributed by atoms with Crippen LogP contribution in [-0.2, 0) is 4.79 Å². The van der Waals surface area contributed by atoms with Crippen LogP contribution in [-0.4, -0.2) is 23.0 Å². The Kier molecular flexibility index (Phi) is 1.67. The van der Waals surface area contributed by atoms with E-state index in [-0.39, 0.29) is 11.3 Å². The Bertz CT molecular complexity index is 227. The molecule has 1 amide bonds. The van der Waals surface area contributed by atoms with E-state index in [2.05, 4.69) is 0 Å². The third-order valence-corrected chi connectivity index (χ3v) is 4.51. The lowest BCUT2D eigenvalue weighted by Gasteiger charge is -2.38. The molecule has 4 N–H and O–H groups in total. The first-order chi connectivity index (χ1) is 5.61. The predicted octanol–water partition coefficient (Wildman–Crippen LogP) is 0.0863. The molecule has 1 saturated carbocycles. The van der Waals surface area contributed by atoms with Crippen molar-refractivity contribution in [2.45, 2.75) is 24.8 Å². The molecule has 4 heteroatoms. The van der Waals surface area contributed by atoms with Crippen molar-refractivity contribution in [2.24, 2.45) is 16.9 Å². The van der Waals surface area contributed by atoms with Crippen LogP contribution in [0.15, 0.2) is 0 Å². The van der Waals surface area contributed by atoms with Crippen LogP contribution in [0, 0.1) is 5.41 Å². The van der Waals surface area contributed by atoms with Crippen LogP contribution < -0.4 is 11.5 Å². The number of hydrogen-bond acceptors (Lipinski definition) is 3. The number of nitrogens with two attached hydrogens (primary N) is 2. The molecule has 0 aromatic heterocycles. The molecule has 0 aromatic rings. The van der Waals surface area contributed by atoms with E-state index in [1.165, 1.54) is 0 Å². The molecule has 1 saturated heterocycles. The fourth-order valence-electron chi connectivity index (χ4n) is 2.02. The Balaban J connectivity index is 2.26.